The van der Waals surface area contributed by atoms with Gasteiger partial charge in [-0.2, -0.15) is 0 Å². The third-order valence-electron chi connectivity index (χ3n) is 3.39. The van der Waals surface area contributed by atoms with Crippen molar-refractivity contribution in [3.8, 4) is 17.6 Å². The molecule has 0 radical (unpaired) electrons. The average Bonchev–Trinajstić information content (AvgIpc) is 2.43. The van der Waals surface area contributed by atoms with Crippen LogP contribution in [-0.2, 0) is 4.79 Å². The van der Waals surface area contributed by atoms with E-state index in [0.29, 0.717) is 13.0 Å². The Morgan fingerprint density at radius 1 is 1.40 bits per heavy atom. The molecule has 0 unspecified atom stereocenters. The normalized spacial score (nSPS) is 14.4. The van der Waals surface area contributed by atoms with Gasteiger partial charge in [-0.05, 0) is 44.0 Å². The summed E-state index contributed by atoms with van der Waals surface area (Å²) < 4.78 is 5.54. The highest BCUT2D eigenvalue weighted by atomic mass is 16.5. The summed E-state index contributed by atoms with van der Waals surface area (Å²) in [7, 11) is 1.83. The van der Waals surface area contributed by atoms with E-state index in [1.165, 1.54) is 0 Å². The van der Waals surface area contributed by atoms with Crippen LogP contribution in [0.25, 0.3) is 5.70 Å². The number of allylic oxidation sites excluding steroid dienone is 1. The van der Waals surface area contributed by atoms with E-state index in [0.717, 1.165) is 29.0 Å². The lowest BCUT2D eigenvalue weighted by Crippen LogP contribution is -2.27. The van der Waals surface area contributed by atoms with Crippen LogP contribution in [0.15, 0.2) is 24.3 Å². The first kappa shape index (κ1) is 14.2. The van der Waals surface area contributed by atoms with Crippen LogP contribution in [0, 0.1) is 18.8 Å². The van der Waals surface area contributed by atoms with Crippen molar-refractivity contribution in [3.05, 3.63) is 35.4 Å². The van der Waals surface area contributed by atoms with Crippen LogP contribution in [0.2, 0.25) is 0 Å². The first-order chi connectivity index (χ1) is 9.63. The van der Waals surface area contributed by atoms with Gasteiger partial charge in [0.05, 0.1) is 0 Å². The molecule has 1 aromatic rings. The van der Waals surface area contributed by atoms with Gasteiger partial charge in [0.1, 0.15) is 12.4 Å². The molecule has 0 atom stereocenters. The maximum absolute atomic E-state index is 11.8. The Balaban J connectivity index is 2.23. The Hall–Kier alpha value is -2.21. The van der Waals surface area contributed by atoms with Crippen molar-refractivity contribution in [3.63, 3.8) is 0 Å². The zero-order chi connectivity index (χ0) is 14.5. The average molecular weight is 269 g/mol. The number of amides is 1. The number of carbonyl (C=O) groups excluding carboxylic acids is 1. The predicted molar refractivity (Wildman–Crippen MR) is 80.1 cm³/mol. The summed E-state index contributed by atoms with van der Waals surface area (Å²) in [5.74, 6) is 6.64. The third kappa shape index (κ3) is 3.03. The van der Waals surface area contributed by atoms with Gasteiger partial charge in [-0.1, -0.05) is 12.0 Å². The number of ether oxygens (including phenoxy) is 1. The summed E-state index contributed by atoms with van der Waals surface area (Å²) in [6, 6.07) is 5.92. The number of aryl methyl sites for hydroxylation is 1. The molecule has 2 rings (SSSR count). The standard InChI is InChI=1S/C17H19NO2/c1-4-5-11-20-14-9-10-15(13(2)12-14)16-7-6-8-17(19)18(16)3/h7,9-10,12H,6,8,11H2,1-3H3. The largest absolute Gasteiger partial charge is 0.481 e. The molecule has 0 N–H and O–H groups in total. The van der Waals surface area contributed by atoms with Crippen molar-refractivity contribution in [2.45, 2.75) is 26.7 Å². The minimum atomic E-state index is 0.167. The second kappa shape index (κ2) is 6.29. The van der Waals surface area contributed by atoms with E-state index in [-0.39, 0.29) is 5.91 Å². The summed E-state index contributed by atoms with van der Waals surface area (Å²) in [4.78, 5) is 13.5. The molecule has 104 valence electrons. The lowest BCUT2D eigenvalue weighted by atomic mass is 10.0. The number of hydrogen-bond acceptors (Lipinski definition) is 2. The van der Waals surface area contributed by atoms with E-state index >= 15 is 0 Å². The molecule has 1 aliphatic heterocycles. The number of carbonyl (C=O) groups is 1. The maximum Gasteiger partial charge on any atom is 0.227 e. The van der Waals surface area contributed by atoms with Gasteiger partial charge in [0.15, 0.2) is 0 Å². The molecule has 0 fully saturated rings. The molecular formula is C17H19NO2. The summed E-state index contributed by atoms with van der Waals surface area (Å²) in [6.45, 7) is 4.22. The molecule has 0 aromatic heterocycles. The smallest absolute Gasteiger partial charge is 0.227 e. The molecule has 20 heavy (non-hydrogen) atoms. The SMILES string of the molecule is CC#CCOc1ccc(C2=CCCC(=O)N2C)c(C)c1. The van der Waals surface area contributed by atoms with E-state index in [4.69, 9.17) is 4.74 Å². The second-order valence-electron chi connectivity index (χ2n) is 4.77. The monoisotopic (exact) mass is 269 g/mol. The molecule has 0 spiro atoms. The van der Waals surface area contributed by atoms with E-state index in [1.54, 1.807) is 11.8 Å². The van der Waals surface area contributed by atoms with E-state index in [1.807, 2.05) is 32.2 Å². The minimum Gasteiger partial charge on any atom is -0.481 e. The minimum absolute atomic E-state index is 0.167. The van der Waals surface area contributed by atoms with E-state index in [2.05, 4.69) is 17.9 Å². The Morgan fingerprint density at radius 2 is 2.20 bits per heavy atom. The van der Waals surface area contributed by atoms with E-state index in [9.17, 15) is 4.79 Å². The Labute approximate surface area is 120 Å². The molecule has 0 bridgehead atoms. The van der Waals surface area contributed by atoms with Gasteiger partial charge >= 0.3 is 0 Å². The molecule has 0 saturated carbocycles. The fourth-order valence-electron chi connectivity index (χ4n) is 2.27. The summed E-state index contributed by atoms with van der Waals surface area (Å²) >= 11 is 0. The van der Waals surface area contributed by atoms with Gasteiger partial charge in [0.2, 0.25) is 5.91 Å². The lowest BCUT2D eigenvalue weighted by Gasteiger charge is -2.26. The van der Waals surface area contributed by atoms with Crippen LogP contribution in [0.1, 0.15) is 30.9 Å². The van der Waals surface area contributed by atoms with Crippen LogP contribution in [-0.4, -0.2) is 24.5 Å². The zero-order valence-electron chi connectivity index (χ0n) is 12.2. The van der Waals surface area contributed by atoms with Gasteiger partial charge in [0, 0.05) is 24.7 Å². The van der Waals surface area contributed by atoms with Crippen LogP contribution in [0.5, 0.6) is 5.75 Å². The van der Waals surface area contributed by atoms with Gasteiger partial charge in [-0.25, -0.2) is 0 Å². The molecule has 1 aromatic carbocycles. The fourth-order valence-corrected chi connectivity index (χ4v) is 2.27. The summed E-state index contributed by atoms with van der Waals surface area (Å²) in [5, 5.41) is 0. The lowest BCUT2D eigenvalue weighted by molar-refractivity contribution is -0.127. The zero-order valence-corrected chi connectivity index (χ0v) is 12.2. The number of benzene rings is 1. The Kier molecular flexibility index (Phi) is 4.47. The Bertz CT molecular complexity index is 605. The summed E-state index contributed by atoms with van der Waals surface area (Å²) in [5.41, 5.74) is 3.16. The van der Waals surface area contributed by atoms with E-state index < -0.39 is 0 Å². The molecule has 3 nitrogen and oxygen atoms in total. The molecule has 0 aliphatic carbocycles. The Morgan fingerprint density at radius 3 is 2.90 bits per heavy atom. The first-order valence-electron chi connectivity index (χ1n) is 6.73. The van der Waals surface area contributed by atoms with Gasteiger partial charge < -0.3 is 9.64 Å². The van der Waals surface area contributed by atoms with Gasteiger partial charge in [0.25, 0.3) is 0 Å². The quantitative estimate of drug-likeness (QED) is 0.789. The molecule has 1 amide bonds. The highest BCUT2D eigenvalue weighted by molar-refractivity contribution is 5.89. The number of hydrogen-bond donors (Lipinski definition) is 0. The number of nitrogens with zero attached hydrogens (tertiary/aromatic N) is 1. The van der Waals surface area contributed by atoms with Crippen molar-refractivity contribution in [2.24, 2.45) is 0 Å². The maximum atomic E-state index is 11.8. The topological polar surface area (TPSA) is 29.5 Å². The molecule has 1 aliphatic rings. The fraction of sp³-hybridized carbons (Fsp3) is 0.353. The molecule has 1 heterocycles. The molecular weight excluding hydrogens is 250 g/mol. The summed E-state index contributed by atoms with van der Waals surface area (Å²) in [6.07, 6.45) is 3.52. The highest BCUT2D eigenvalue weighted by Crippen LogP contribution is 2.28. The van der Waals surface area contributed by atoms with Crippen molar-refractivity contribution < 1.29 is 9.53 Å². The van der Waals surface area contributed by atoms with Crippen LogP contribution in [0.3, 0.4) is 0 Å². The van der Waals surface area contributed by atoms with Crippen molar-refractivity contribution in [2.75, 3.05) is 13.7 Å². The molecule has 3 heteroatoms. The molecule has 0 saturated heterocycles. The highest BCUT2D eigenvalue weighted by Gasteiger charge is 2.20. The van der Waals surface area contributed by atoms with Crippen molar-refractivity contribution >= 4 is 11.6 Å². The van der Waals surface area contributed by atoms with Crippen molar-refractivity contribution in [1.82, 2.24) is 4.90 Å². The van der Waals surface area contributed by atoms with Gasteiger partial charge in [-0.15, -0.1) is 5.92 Å². The van der Waals surface area contributed by atoms with Gasteiger partial charge in [-0.3, -0.25) is 4.79 Å². The van der Waals surface area contributed by atoms with Crippen LogP contribution in [0.4, 0.5) is 0 Å². The third-order valence-corrected chi connectivity index (χ3v) is 3.39. The second-order valence-corrected chi connectivity index (χ2v) is 4.77. The van der Waals surface area contributed by atoms with Crippen LogP contribution >= 0.6 is 0 Å². The van der Waals surface area contributed by atoms with Crippen molar-refractivity contribution in [1.29, 1.82) is 0 Å². The first-order valence-corrected chi connectivity index (χ1v) is 6.73. The number of rotatable bonds is 3. The predicted octanol–water partition coefficient (Wildman–Crippen LogP) is 2.99. The van der Waals surface area contributed by atoms with Crippen LogP contribution < -0.4 is 4.74 Å².